The highest BCUT2D eigenvalue weighted by Crippen LogP contribution is 2.24. The molecule has 23 heavy (non-hydrogen) atoms. The zero-order valence-corrected chi connectivity index (χ0v) is 14.2. The van der Waals surface area contributed by atoms with Crippen molar-refractivity contribution in [2.24, 2.45) is 5.92 Å². The van der Waals surface area contributed by atoms with Gasteiger partial charge in [0.2, 0.25) is 0 Å². The average Bonchev–Trinajstić information content (AvgIpc) is 3.14. The number of hydrogen-bond acceptors (Lipinski definition) is 4. The molecule has 1 fully saturated rings. The number of aryl methyl sites for hydroxylation is 1. The van der Waals surface area contributed by atoms with E-state index < -0.39 is 0 Å². The summed E-state index contributed by atoms with van der Waals surface area (Å²) in [7, 11) is 1.70. The van der Waals surface area contributed by atoms with Crippen molar-refractivity contribution in [1.82, 2.24) is 9.88 Å². The highest BCUT2D eigenvalue weighted by molar-refractivity contribution is 7.07. The van der Waals surface area contributed by atoms with E-state index in [9.17, 15) is 4.79 Å². The predicted molar refractivity (Wildman–Crippen MR) is 92.1 cm³/mol. The van der Waals surface area contributed by atoms with Crippen molar-refractivity contribution in [2.45, 2.75) is 25.7 Å². The molecular formula is C18H22N2O2S. The zero-order valence-electron chi connectivity index (χ0n) is 13.4. The number of ether oxygens (including phenoxy) is 1. The first-order valence-electron chi connectivity index (χ1n) is 8.06. The lowest BCUT2D eigenvalue weighted by Crippen LogP contribution is -2.40. The first kappa shape index (κ1) is 16.0. The lowest BCUT2D eigenvalue weighted by molar-refractivity contribution is 0.0663. The van der Waals surface area contributed by atoms with Gasteiger partial charge in [-0.1, -0.05) is 12.1 Å². The number of rotatable bonds is 5. The van der Waals surface area contributed by atoms with E-state index in [1.165, 1.54) is 23.3 Å². The summed E-state index contributed by atoms with van der Waals surface area (Å²) < 4.78 is 5.28. The van der Waals surface area contributed by atoms with Gasteiger partial charge >= 0.3 is 0 Å². The quantitative estimate of drug-likeness (QED) is 0.840. The Kier molecular flexibility index (Phi) is 5.28. The van der Waals surface area contributed by atoms with Crippen molar-refractivity contribution in [1.29, 1.82) is 0 Å². The number of thiazole rings is 1. The molecule has 2 aromatic rings. The molecule has 3 rings (SSSR count). The van der Waals surface area contributed by atoms with Gasteiger partial charge in [0.05, 0.1) is 12.6 Å². The molecule has 0 spiro atoms. The third kappa shape index (κ3) is 4.10. The Morgan fingerprint density at radius 2 is 2.39 bits per heavy atom. The molecular weight excluding hydrogens is 308 g/mol. The number of benzene rings is 1. The second-order valence-electron chi connectivity index (χ2n) is 6.02. The van der Waals surface area contributed by atoms with E-state index >= 15 is 0 Å². The maximum Gasteiger partial charge on any atom is 0.273 e. The number of likely N-dealkylation sites (tertiary alicyclic amines) is 1. The molecule has 0 bridgehead atoms. The van der Waals surface area contributed by atoms with Crippen molar-refractivity contribution < 1.29 is 9.53 Å². The molecule has 122 valence electrons. The summed E-state index contributed by atoms with van der Waals surface area (Å²) in [6.07, 6.45) is 4.41. The summed E-state index contributed by atoms with van der Waals surface area (Å²) in [6.45, 7) is 1.70. The monoisotopic (exact) mass is 330 g/mol. The van der Waals surface area contributed by atoms with Crippen LogP contribution in [0.3, 0.4) is 0 Å². The van der Waals surface area contributed by atoms with E-state index in [1.54, 1.807) is 12.6 Å². The van der Waals surface area contributed by atoms with Crippen LogP contribution in [0.15, 0.2) is 35.2 Å². The number of hydrogen-bond donors (Lipinski definition) is 0. The molecule has 5 heteroatoms. The fraction of sp³-hybridized carbons (Fsp3) is 0.444. The fourth-order valence-electron chi connectivity index (χ4n) is 3.16. The molecule has 4 nitrogen and oxygen atoms in total. The minimum absolute atomic E-state index is 0.0809. The topological polar surface area (TPSA) is 42.4 Å². The second-order valence-corrected chi connectivity index (χ2v) is 6.74. The highest BCUT2D eigenvalue weighted by atomic mass is 32.1. The molecule has 0 radical (unpaired) electrons. The molecule has 1 aromatic heterocycles. The summed E-state index contributed by atoms with van der Waals surface area (Å²) in [5.41, 5.74) is 3.60. The number of piperidine rings is 1. The number of carbonyl (C=O) groups excluding carboxylic acids is 1. The van der Waals surface area contributed by atoms with Gasteiger partial charge in [0.15, 0.2) is 0 Å². The van der Waals surface area contributed by atoms with Crippen LogP contribution >= 0.6 is 11.3 Å². The smallest absolute Gasteiger partial charge is 0.273 e. The van der Waals surface area contributed by atoms with E-state index in [-0.39, 0.29) is 5.91 Å². The molecule has 0 unspecified atom stereocenters. The van der Waals surface area contributed by atoms with Gasteiger partial charge in [0, 0.05) is 18.5 Å². The van der Waals surface area contributed by atoms with Crippen LogP contribution < -0.4 is 4.74 Å². The highest BCUT2D eigenvalue weighted by Gasteiger charge is 2.25. The van der Waals surface area contributed by atoms with E-state index in [2.05, 4.69) is 17.1 Å². The summed E-state index contributed by atoms with van der Waals surface area (Å²) in [6, 6.07) is 8.25. The first-order chi connectivity index (χ1) is 11.3. The van der Waals surface area contributed by atoms with Gasteiger partial charge in [0.1, 0.15) is 11.4 Å². The summed E-state index contributed by atoms with van der Waals surface area (Å²) in [5, 5.41) is 1.84. The molecule has 1 saturated heterocycles. The molecule has 1 amide bonds. The Bertz CT molecular complexity index is 642. The molecule has 1 aliphatic heterocycles. The third-order valence-corrected chi connectivity index (χ3v) is 5.02. The lowest BCUT2D eigenvalue weighted by Gasteiger charge is -2.32. The minimum Gasteiger partial charge on any atom is -0.497 e. The first-order valence-corrected chi connectivity index (χ1v) is 9.01. The van der Waals surface area contributed by atoms with Crippen molar-refractivity contribution in [3.05, 3.63) is 46.4 Å². The van der Waals surface area contributed by atoms with Crippen molar-refractivity contribution in [3.8, 4) is 5.75 Å². The maximum absolute atomic E-state index is 12.4. The van der Waals surface area contributed by atoms with Gasteiger partial charge in [-0.25, -0.2) is 4.98 Å². The Balaban J connectivity index is 1.55. The normalized spacial score (nSPS) is 18.0. The number of nitrogens with zero attached hydrogens (tertiary/aromatic N) is 2. The van der Waals surface area contributed by atoms with Gasteiger partial charge in [-0.3, -0.25) is 4.79 Å². The fourth-order valence-corrected chi connectivity index (χ4v) is 3.69. The van der Waals surface area contributed by atoms with Gasteiger partial charge in [-0.05, 0) is 49.3 Å². The number of amides is 1. The standard InChI is InChI=1S/C18H22N2O2S/c1-22-16-6-2-4-14(10-16)7-8-15-5-3-9-20(11-15)18(21)17-12-23-13-19-17/h2,4,6,10,12-13,15H,3,5,7-9,11H2,1H3/t15-/m0/s1. The van der Waals surface area contributed by atoms with E-state index in [1.807, 2.05) is 22.4 Å². The summed E-state index contributed by atoms with van der Waals surface area (Å²) >= 11 is 1.47. The van der Waals surface area contributed by atoms with Gasteiger partial charge < -0.3 is 9.64 Å². The molecule has 2 heterocycles. The van der Waals surface area contributed by atoms with Crippen molar-refractivity contribution in [3.63, 3.8) is 0 Å². The largest absolute Gasteiger partial charge is 0.497 e. The zero-order chi connectivity index (χ0) is 16.1. The van der Waals surface area contributed by atoms with E-state index in [0.717, 1.165) is 38.1 Å². The van der Waals surface area contributed by atoms with Crippen LogP contribution in [0.25, 0.3) is 0 Å². The Morgan fingerprint density at radius 1 is 1.48 bits per heavy atom. The number of methoxy groups -OCH3 is 1. The molecule has 1 atom stereocenters. The van der Waals surface area contributed by atoms with Crippen LogP contribution in [0, 0.1) is 5.92 Å². The van der Waals surface area contributed by atoms with E-state index in [4.69, 9.17) is 4.74 Å². The molecule has 1 aromatic carbocycles. The van der Waals surface area contributed by atoms with Gasteiger partial charge in [-0.2, -0.15) is 0 Å². The van der Waals surface area contributed by atoms with Crippen LogP contribution in [-0.4, -0.2) is 36.0 Å². The maximum atomic E-state index is 12.4. The Labute approximate surface area is 141 Å². The lowest BCUT2D eigenvalue weighted by atomic mass is 9.91. The predicted octanol–water partition coefficient (Wildman–Crippen LogP) is 3.64. The van der Waals surface area contributed by atoms with Crippen LogP contribution in [-0.2, 0) is 6.42 Å². The third-order valence-electron chi connectivity index (χ3n) is 4.43. The number of aromatic nitrogens is 1. The molecule has 0 N–H and O–H groups in total. The van der Waals surface area contributed by atoms with Crippen LogP contribution in [0.1, 0.15) is 35.3 Å². The van der Waals surface area contributed by atoms with E-state index in [0.29, 0.717) is 11.6 Å². The van der Waals surface area contributed by atoms with Crippen molar-refractivity contribution >= 4 is 17.2 Å². The minimum atomic E-state index is 0.0809. The Hall–Kier alpha value is -1.88. The molecule has 1 aliphatic rings. The SMILES string of the molecule is COc1cccc(CC[C@@H]2CCCN(C(=O)c3cscn3)C2)c1. The van der Waals surface area contributed by atoms with Crippen molar-refractivity contribution in [2.75, 3.05) is 20.2 Å². The molecule has 0 aliphatic carbocycles. The Morgan fingerprint density at radius 3 is 3.17 bits per heavy atom. The molecule has 0 saturated carbocycles. The van der Waals surface area contributed by atoms with Gasteiger partial charge in [0.25, 0.3) is 5.91 Å². The second kappa shape index (κ2) is 7.59. The average molecular weight is 330 g/mol. The number of carbonyl (C=O) groups is 1. The summed E-state index contributed by atoms with van der Waals surface area (Å²) in [4.78, 5) is 18.5. The summed E-state index contributed by atoms with van der Waals surface area (Å²) in [5.74, 6) is 1.56. The van der Waals surface area contributed by atoms with Gasteiger partial charge in [-0.15, -0.1) is 11.3 Å². The van der Waals surface area contributed by atoms with Crippen LogP contribution in [0.5, 0.6) is 5.75 Å². The van der Waals surface area contributed by atoms with Crippen LogP contribution in [0.2, 0.25) is 0 Å². The van der Waals surface area contributed by atoms with Crippen LogP contribution in [0.4, 0.5) is 0 Å².